The summed E-state index contributed by atoms with van der Waals surface area (Å²) in [6.07, 6.45) is 3.21. The van der Waals surface area contributed by atoms with E-state index in [2.05, 4.69) is 0 Å². The fraction of sp³-hybridized carbons (Fsp3) is 1.00. The topological polar surface area (TPSA) is 53.5 Å². The Morgan fingerprint density at radius 2 is 1.43 bits per heavy atom. The quantitative estimate of drug-likeness (QED) is 0.458. The summed E-state index contributed by atoms with van der Waals surface area (Å²) in [5.41, 5.74) is 0. The van der Waals surface area contributed by atoms with Gasteiger partial charge in [0.15, 0.2) is 0 Å². The summed E-state index contributed by atoms with van der Waals surface area (Å²) >= 11 is 0. The van der Waals surface area contributed by atoms with E-state index in [9.17, 15) is 0 Å². The molecule has 1 saturated carbocycles. The molecule has 2 aliphatic heterocycles. The molecule has 1 aliphatic carbocycles. The fourth-order valence-electron chi connectivity index (χ4n) is 0.832. The van der Waals surface area contributed by atoms with Crippen LogP contribution < -0.4 is 6.15 Å². The SMILES string of the molecule is C1C2CC1OO2.N. The largest absolute Gasteiger partial charge is 0.344 e. The summed E-state index contributed by atoms with van der Waals surface area (Å²) in [5, 5.41) is 0. The number of rotatable bonds is 0. The molecule has 0 spiro atoms. The Morgan fingerprint density at radius 3 is 1.57 bits per heavy atom. The molecule has 3 nitrogen and oxygen atoms in total. The van der Waals surface area contributed by atoms with Gasteiger partial charge in [-0.15, -0.1) is 0 Å². The second kappa shape index (κ2) is 1.43. The predicted molar refractivity (Wildman–Crippen MR) is 24.0 cm³/mol. The Kier molecular flexibility index (Phi) is 1.03. The third kappa shape index (κ3) is 0.534. The first-order valence-electron chi connectivity index (χ1n) is 2.27. The zero-order chi connectivity index (χ0) is 3.98. The second-order valence-corrected chi connectivity index (χ2v) is 1.91. The van der Waals surface area contributed by atoms with E-state index in [1.165, 1.54) is 0 Å². The smallest absolute Gasteiger partial charge is 0.0981 e. The first-order valence-corrected chi connectivity index (χ1v) is 2.27. The summed E-state index contributed by atoms with van der Waals surface area (Å²) < 4.78 is 0. The summed E-state index contributed by atoms with van der Waals surface area (Å²) in [4.78, 5) is 9.45. The maximum atomic E-state index is 4.73. The van der Waals surface area contributed by atoms with E-state index < -0.39 is 0 Å². The summed E-state index contributed by atoms with van der Waals surface area (Å²) in [6.45, 7) is 0. The van der Waals surface area contributed by atoms with Gasteiger partial charge in [-0.25, -0.2) is 9.78 Å². The van der Waals surface area contributed by atoms with Crippen LogP contribution in [0.15, 0.2) is 0 Å². The molecule has 0 aromatic carbocycles. The molecule has 0 radical (unpaired) electrons. The van der Waals surface area contributed by atoms with Crippen LogP contribution in [0, 0.1) is 0 Å². The van der Waals surface area contributed by atoms with Crippen LogP contribution >= 0.6 is 0 Å². The van der Waals surface area contributed by atoms with Crippen molar-refractivity contribution in [1.82, 2.24) is 6.15 Å². The predicted octanol–water partition coefficient (Wildman–Crippen LogP) is 0.641. The molecular weight excluding hydrogens is 94.0 g/mol. The average Bonchev–Trinajstić information content (AvgIpc) is 1.72. The van der Waals surface area contributed by atoms with Gasteiger partial charge in [-0.3, -0.25) is 0 Å². The normalized spacial score (nSPS) is 44.6. The van der Waals surface area contributed by atoms with Crippen LogP contribution in [0.2, 0.25) is 0 Å². The van der Waals surface area contributed by atoms with Gasteiger partial charge >= 0.3 is 0 Å². The van der Waals surface area contributed by atoms with E-state index in [0.717, 1.165) is 12.8 Å². The molecule has 0 amide bonds. The third-order valence-corrected chi connectivity index (χ3v) is 1.38. The maximum absolute atomic E-state index is 4.73. The van der Waals surface area contributed by atoms with Crippen molar-refractivity contribution >= 4 is 0 Å². The molecule has 0 atom stereocenters. The Bertz CT molecular complexity index is 56.6. The van der Waals surface area contributed by atoms with E-state index in [4.69, 9.17) is 9.78 Å². The van der Waals surface area contributed by atoms with Crippen molar-refractivity contribution < 1.29 is 9.78 Å². The highest BCUT2D eigenvalue weighted by Crippen LogP contribution is 2.34. The second-order valence-electron chi connectivity index (χ2n) is 1.91. The molecule has 42 valence electrons. The van der Waals surface area contributed by atoms with Crippen molar-refractivity contribution in [2.45, 2.75) is 25.0 Å². The molecule has 3 fully saturated rings. The lowest BCUT2D eigenvalue weighted by Crippen LogP contribution is -2.22. The van der Waals surface area contributed by atoms with E-state index >= 15 is 0 Å². The van der Waals surface area contributed by atoms with Crippen molar-refractivity contribution in [3.05, 3.63) is 0 Å². The van der Waals surface area contributed by atoms with Crippen LogP contribution in [0.25, 0.3) is 0 Å². The molecule has 3 aliphatic rings. The Labute approximate surface area is 42.1 Å². The molecule has 0 aromatic heterocycles. The summed E-state index contributed by atoms with van der Waals surface area (Å²) in [5.74, 6) is 0. The first-order chi connectivity index (χ1) is 2.95. The Morgan fingerprint density at radius 1 is 1.00 bits per heavy atom. The molecule has 2 bridgehead atoms. The lowest BCUT2D eigenvalue weighted by molar-refractivity contribution is -0.250. The molecule has 3 rings (SSSR count). The van der Waals surface area contributed by atoms with Crippen LogP contribution in [0.5, 0.6) is 0 Å². The van der Waals surface area contributed by atoms with Crippen molar-refractivity contribution in [1.29, 1.82) is 0 Å². The van der Waals surface area contributed by atoms with Gasteiger partial charge < -0.3 is 6.15 Å². The van der Waals surface area contributed by atoms with E-state index in [1.54, 1.807) is 0 Å². The zero-order valence-corrected chi connectivity index (χ0v) is 4.09. The summed E-state index contributed by atoms with van der Waals surface area (Å²) in [6, 6.07) is 0. The minimum absolute atomic E-state index is 0. The highest BCUT2D eigenvalue weighted by Gasteiger charge is 2.39. The van der Waals surface area contributed by atoms with Gasteiger partial charge in [0.25, 0.3) is 0 Å². The monoisotopic (exact) mass is 103 g/mol. The number of hydrogen-bond acceptors (Lipinski definition) is 3. The molecule has 7 heavy (non-hydrogen) atoms. The van der Waals surface area contributed by atoms with E-state index in [0.29, 0.717) is 12.2 Å². The molecular formula is C4H9NO2. The molecule has 3 heteroatoms. The third-order valence-electron chi connectivity index (χ3n) is 1.38. The molecule has 2 saturated heterocycles. The minimum Gasteiger partial charge on any atom is -0.344 e. The van der Waals surface area contributed by atoms with E-state index in [1.807, 2.05) is 0 Å². The standard InChI is InChI=1S/C4H6O2.H3N/c1-3-2-4(1)6-5-3;/h3-4H,1-2H2;1H3. The lowest BCUT2D eigenvalue weighted by Gasteiger charge is -2.12. The van der Waals surface area contributed by atoms with Gasteiger partial charge in [-0.1, -0.05) is 0 Å². The summed E-state index contributed by atoms with van der Waals surface area (Å²) in [7, 11) is 0. The Hall–Kier alpha value is -0.120. The van der Waals surface area contributed by atoms with Crippen LogP contribution in [0.3, 0.4) is 0 Å². The Balaban J connectivity index is 0.000000245. The number of hydrogen-bond donors (Lipinski definition) is 1. The lowest BCUT2D eigenvalue weighted by atomic mass is 9.94. The zero-order valence-electron chi connectivity index (χ0n) is 4.09. The van der Waals surface area contributed by atoms with Gasteiger partial charge in [0.05, 0.1) is 12.2 Å². The van der Waals surface area contributed by atoms with Crippen LogP contribution in [0.1, 0.15) is 12.8 Å². The first kappa shape index (κ1) is 5.03. The van der Waals surface area contributed by atoms with Gasteiger partial charge in [0.1, 0.15) is 0 Å². The highest BCUT2D eigenvalue weighted by molar-refractivity contribution is 4.82. The van der Waals surface area contributed by atoms with Gasteiger partial charge in [-0.2, -0.15) is 0 Å². The molecule has 0 aromatic rings. The van der Waals surface area contributed by atoms with Gasteiger partial charge in [-0.05, 0) is 0 Å². The van der Waals surface area contributed by atoms with Gasteiger partial charge in [0.2, 0.25) is 0 Å². The van der Waals surface area contributed by atoms with Crippen molar-refractivity contribution in [2.24, 2.45) is 0 Å². The minimum atomic E-state index is 0. The fourth-order valence-corrected chi connectivity index (χ4v) is 0.832. The van der Waals surface area contributed by atoms with Crippen molar-refractivity contribution in [2.75, 3.05) is 0 Å². The highest BCUT2D eigenvalue weighted by atomic mass is 17.2. The van der Waals surface area contributed by atoms with Crippen molar-refractivity contribution in [3.63, 3.8) is 0 Å². The maximum Gasteiger partial charge on any atom is 0.0981 e. The van der Waals surface area contributed by atoms with E-state index in [-0.39, 0.29) is 6.15 Å². The van der Waals surface area contributed by atoms with Crippen LogP contribution in [0.4, 0.5) is 0 Å². The van der Waals surface area contributed by atoms with Crippen LogP contribution in [-0.4, -0.2) is 12.2 Å². The molecule has 0 unspecified atom stereocenters. The molecule has 3 N–H and O–H groups in total. The van der Waals surface area contributed by atoms with Gasteiger partial charge in [0, 0.05) is 12.8 Å². The molecule has 2 heterocycles. The van der Waals surface area contributed by atoms with Crippen LogP contribution in [-0.2, 0) is 9.78 Å². The average molecular weight is 103 g/mol. The van der Waals surface area contributed by atoms with Crippen molar-refractivity contribution in [3.8, 4) is 0 Å². The number of fused-ring (bicyclic) bond motifs is 1.